The van der Waals surface area contributed by atoms with E-state index >= 15 is 0 Å². The molecular formula is C23H53O7PS3Si2. The van der Waals surface area contributed by atoms with Gasteiger partial charge < -0.3 is 32.5 Å². The zero-order valence-electron chi connectivity index (χ0n) is 23.6. The Bertz CT molecular complexity index is 614. The fraction of sp³-hybridized carbons (Fsp3) is 1.00. The lowest BCUT2D eigenvalue weighted by atomic mass is 10.2. The summed E-state index contributed by atoms with van der Waals surface area (Å²) in [6, 6.07) is 1.69. The summed E-state index contributed by atoms with van der Waals surface area (Å²) in [4.78, 5) is 0. The van der Waals surface area contributed by atoms with Crippen LogP contribution in [0.15, 0.2) is 0 Å². The molecule has 0 aliphatic rings. The van der Waals surface area contributed by atoms with E-state index in [4.69, 9.17) is 17.7 Å². The second-order valence-corrected chi connectivity index (χ2v) is 26.8. The molecule has 0 aliphatic carbocycles. The van der Waals surface area contributed by atoms with Crippen molar-refractivity contribution in [2.24, 2.45) is 17.8 Å². The molecule has 218 valence electrons. The molecule has 0 saturated carbocycles. The fourth-order valence-corrected chi connectivity index (χ4v) is 15.2. The Morgan fingerprint density at radius 1 is 0.806 bits per heavy atom. The van der Waals surface area contributed by atoms with E-state index in [-0.39, 0.29) is 31.0 Å². The lowest BCUT2D eigenvalue weighted by molar-refractivity contribution is 0.0871. The zero-order valence-corrected chi connectivity index (χ0v) is 29.0. The van der Waals surface area contributed by atoms with Crippen LogP contribution in [0.1, 0.15) is 40.5 Å². The van der Waals surface area contributed by atoms with Crippen molar-refractivity contribution in [3.05, 3.63) is 0 Å². The van der Waals surface area contributed by atoms with Crippen LogP contribution in [0.5, 0.6) is 0 Å². The Labute approximate surface area is 236 Å². The van der Waals surface area contributed by atoms with Gasteiger partial charge in [-0.1, -0.05) is 50.5 Å². The SMILES string of the molecule is CCSP(C)(=O)SCCC[Si](C)(OCC(C)CO)OCC(C)CO[Si](C)(CCCS)OCC(C)CO. The summed E-state index contributed by atoms with van der Waals surface area (Å²) in [5.74, 6) is 2.79. The highest BCUT2D eigenvalue weighted by atomic mass is 33.1. The van der Waals surface area contributed by atoms with Crippen LogP contribution in [0.2, 0.25) is 25.2 Å². The molecule has 36 heavy (non-hydrogen) atoms. The van der Waals surface area contributed by atoms with E-state index in [0.29, 0.717) is 26.4 Å². The van der Waals surface area contributed by atoms with Crippen LogP contribution in [-0.2, 0) is 22.3 Å². The minimum Gasteiger partial charge on any atom is -0.396 e. The molecule has 0 spiro atoms. The monoisotopic (exact) mass is 624 g/mol. The Kier molecular flexibility index (Phi) is 21.2. The van der Waals surface area contributed by atoms with E-state index in [1.165, 1.54) is 0 Å². The first-order valence-corrected chi connectivity index (χ1v) is 24.1. The number of hydrogen-bond acceptors (Lipinski definition) is 10. The summed E-state index contributed by atoms with van der Waals surface area (Å²) in [6.07, 6.45) is 1.82. The highest BCUT2D eigenvalue weighted by molar-refractivity contribution is 8.90. The molecule has 6 atom stereocenters. The van der Waals surface area contributed by atoms with Gasteiger partial charge in [0, 0.05) is 69.8 Å². The molecule has 0 rings (SSSR count). The van der Waals surface area contributed by atoms with E-state index < -0.39 is 22.7 Å². The van der Waals surface area contributed by atoms with Gasteiger partial charge in [0.1, 0.15) is 0 Å². The average Bonchev–Trinajstić information content (AvgIpc) is 2.85. The molecule has 0 heterocycles. The van der Waals surface area contributed by atoms with Crippen molar-refractivity contribution in [1.29, 1.82) is 0 Å². The third-order valence-corrected chi connectivity index (χ3v) is 19.2. The van der Waals surface area contributed by atoms with Crippen LogP contribution in [0.3, 0.4) is 0 Å². The first kappa shape index (κ1) is 37.5. The van der Waals surface area contributed by atoms with E-state index in [0.717, 1.165) is 42.2 Å². The van der Waals surface area contributed by atoms with Crippen molar-refractivity contribution in [1.82, 2.24) is 0 Å². The van der Waals surface area contributed by atoms with Crippen molar-refractivity contribution >= 4 is 58.1 Å². The van der Waals surface area contributed by atoms with Crippen LogP contribution in [-0.4, -0.2) is 90.9 Å². The van der Waals surface area contributed by atoms with E-state index in [1.54, 1.807) is 22.8 Å². The first-order valence-electron chi connectivity index (χ1n) is 13.1. The molecule has 7 nitrogen and oxygen atoms in total. The summed E-state index contributed by atoms with van der Waals surface area (Å²) in [5, 5.41) is 18.8. The lowest BCUT2D eigenvalue weighted by Crippen LogP contribution is -2.43. The molecule has 0 saturated heterocycles. The van der Waals surface area contributed by atoms with Crippen molar-refractivity contribution in [2.45, 2.75) is 65.7 Å². The average molecular weight is 625 g/mol. The number of rotatable bonds is 24. The third kappa shape index (κ3) is 18.7. The van der Waals surface area contributed by atoms with Gasteiger partial charge in [-0.25, -0.2) is 0 Å². The summed E-state index contributed by atoms with van der Waals surface area (Å²) < 4.78 is 37.8. The molecule has 0 fully saturated rings. The van der Waals surface area contributed by atoms with Crippen molar-refractivity contribution in [3.8, 4) is 0 Å². The van der Waals surface area contributed by atoms with Crippen molar-refractivity contribution in [3.63, 3.8) is 0 Å². The maximum absolute atomic E-state index is 12.5. The van der Waals surface area contributed by atoms with Crippen LogP contribution in [0.25, 0.3) is 0 Å². The third-order valence-electron chi connectivity index (χ3n) is 5.57. The van der Waals surface area contributed by atoms with E-state index in [9.17, 15) is 14.8 Å². The number of aliphatic hydroxyl groups is 2. The molecule has 0 aromatic heterocycles. The topological polar surface area (TPSA) is 94.5 Å². The standard InChI is InChI=1S/C23H53O7PS3Si2/c1-8-33-31(5,26)34-12-10-14-36(7,28-18-22(3)16-25)30-20-23(4)19-29-35(6,13-9-11-32)27-17-21(2)15-24/h21-25,32H,8-20H2,1-7H3. The van der Waals surface area contributed by atoms with Crippen molar-refractivity contribution < 1.29 is 32.5 Å². The smallest absolute Gasteiger partial charge is 0.334 e. The number of aliphatic hydroxyl groups excluding tert-OH is 2. The summed E-state index contributed by atoms with van der Waals surface area (Å²) in [5.41, 5.74) is -2.20. The van der Waals surface area contributed by atoms with Gasteiger partial charge in [0.25, 0.3) is 0 Å². The Morgan fingerprint density at radius 3 is 1.61 bits per heavy atom. The van der Waals surface area contributed by atoms with Crippen LogP contribution in [0, 0.1) is 17.8 Å². The number of hydrogen-bond donors (Lipinski definition) is 3. The van der Waals surface area contributed by atoms with Crippen LogP contribution in [0.4, 0.5) is 0 Å². The van der Waals surface area contributed by atoms with Gasteiger partial charge in [0.05, 0.1) is 0 Å². The van der Waals surface area contributed by atoms with Crippen LogP contribution < -0.4 is 0 Å². The Morgan fingerprint density at radius 2 is 1.22 bits per heavy atom. The molecular weight excluding hydrogens is 572 g/mol. The molecule has 0 aliphatic heterocycles. The summed E-state index contributed by atoms with van der Waals surface area (Å²) >= 11 is 7.45. The lowest BCUT2D eigenvalue weighted by Gasteiger charge is -2.32. The maximum Gasteiger partial charge on any atom is 0.334 e. The summed E-state index contributed by atoms with van der Waals surface area (Å²) in [7, 11) is -4.84. The second-order valence-electron chi connectivity index (χ2n) is 10.1. The predicted octanol–water partition coefficient (Wildman–Crippen LogP) is 6.11. The van der Waals surface area contributed by atoms with Crippen LogP contribution >= 0.6 is 40.9 Å². The first-order chi connectivity index (χ1) is 16.8. The van der Waals surface area contributed by atoms with Gasteiger partial charge in [-0.3, -0.25) is 0 Å². The molecule has 0 amide bonds. The van der Waals surface area contributed by atoms with E-state index in [2.05, 4.69) is 32.6 Å². The fourth-order valence-electron chi connectivity index (χ4n) is 3.10. The van der Waals surface area contributed by atoms with Gasteiger partial charge in [0.15, 0.2) is 5.55 Å². The van der Waals surface area contributed by atoms with Gasteiger partial charge in [-0.2, -0.15) is 12.6 Å². The Balaban J connectivity index is 4.90. The van der Waals surface area contributed by atoms with Gasteiger partial charge >= 0.3 is 17.1 Å². The molecule has 2 N–H and O–H groups in total. The van der Waals surface area contributed by atoms with Gasteiger partial charge in [-0.15, -0.1) is 0 Å². The minimum atomic E-state index is -2.47. The van der Waals surface area contributed by atoms with E-state index in [1.807, 2.05) is 27.4 Å². The zero-order chi connectivity index (χ0) is 27.7. The number of thiol groups is 1. The second kappa shape index (κ2) is 20.4. The molecule has 0 aromatic rings. The molecule has 6 unspecified atom stereocenters. The largest absolute Gasteiger partial charge is 0.396 e. The Hall–Kier alpha value is 1.47. The van der Waals surface area contributed by atoms with Gasteiger partial charge in [0.2, 0.25) is 0 Å². The van der Waals surface area contributed by atoms with Gasteiger partial charge in [-0.05, 0) is 49.5 Å². The normalized spacial score (nSPS) is 19.7. The highest BCUT2D eigenvalue weighted by Gasteiger charge is 2.35. The molecule has 0 aromatic carbocycles. The molecule has 0 radical (unpaired) electrons. The minimum absolute atomic E-state index is 0.0596. The molecule has 13 heteroatoms. The quantitative estimate of drug-likeness (QED) is 0.0509. The molecule has 0 bridgehead atoms. The highest BCUT2D eigenvalue weighted by Crippen LogP contribution is 2.66. The van der Waals surface area contributed by atoms with Crippen molar-refractivity contribution in [2.75, 3.05) is 63.6 Å². The summed E-state index contributed by atoms with van der Waals surface area (Å²) in [6.45, 7) is 16.3. The maximum atomic E-state index is 12.5. The predicted molar refractivity (Wildman–Crippen MR) is 166 cm³/mol.